The molecule has 40 heavy (non-hydrogen) atoms. The molecule has 0 saturated heterocycles. The molecule has 0 saturated carbocycles. The first-order valence-electron chi connectivity index (χ1n) is 12.8. The summed E-state index contributed by atoms with van der Waals surface area (Å²) in [5.41, 5.74) is 3.31. The molecule has 2 N–H and O–H groups in total. The maximum atomic E-state index is 15.4. The van der Waals surface area contributed by atoms with Crippen LogP contribution < -0.4 is 10.1 Å². The molecule has 1 unspecified atom stereocenters. The fourth-order valence-electron chi connectivity index (χ4n) is 4.43. The summed E-state index contributed by atoms with van der Waals surface area (Å²) in [7, 11) is 0. The highest BCUT2D eigenvalue weighted by atomic mass is 35.5. The molecule has 0 spiro atoms. The van der Waals surface area contributed by atoms with Crippen molar-refractivity contribution in [2.45, 2.75) is 38.6 Å². The third-order valence-corrected chi connectivity index (χ3v) is 7.31. The molecule has 208 valence electrons. The van der Waals surface area contributed by atoms with E-state index in [9.17, 15) is 14.7 Å². The average molecular weight is 582 g/mol. The molecule has 0 aliphatic rings. The van der Waals surface area contributed by atoms with Crippen LogP contribution in [0.2, 0.25) is 5.02 Å². The third kappa shape index (κ3) is 6.32. The maximum Gasteiger partial charge on any atom is 0.336 e. The number of carboxylic acid groups (broad SMARTS) is 1. The van der Waals surface area contributed by atoms with E-state index in [-0.39, 0.29) is 24.6 Å². The van der Waals surface area contributed by atoms with Crippen LogP contribution in [0.3, 0.4) is 0 Å². The highest BCUT2D eigenvalue weighted by molar-refractivity contribution is 7.81. The predicted molar refractivity (Wildman–Crippen MR) is 156 cm³/mol. The van der Waals surface area contributed by atoms with Crippen molar-refractivity contribution in [3.63, 3.8) is 0 Å². The number of carboxylic acids is 1. The Morgan fingerprint density at radius 2 is 1.85 bits per heavy atom. The molecule has 0 radical (unpaired) electrons. The van der Waals surface area contributed by atoms with Crippen molar-refractivity contribution in [2.75, 3.05) is 6.61 Å². The molecule has 1 atom stereocenters. The number of amides is 1. The lowest BCUT2D eigenvalue weighted by molar-refractivity contribution is -0.120. The third-order valence-electron chi connectivity index (χ3n) is 6.46. The normalized spacial score (nSPS) is 11.7. The van der Waals surface area contributed by atoms with E-state index in [0.29, 0.717) is 57.7 Å². The lowest BCUT2D eigenvalue weighted by Crippen LogP contribution is -2.28. The zero-order chi connectivity index (χ0) is 28.8. The van der Waals surface area contributed by atoms with Crippen LogP contribution in [0.25, 0.3) is 11.1 Å². The van der Waals surface area contributed by atoms with Crippen molar-refractivity contribution in [3.05, 3.63) is 106 Å². The SMILES string of the molecule is CCOc1nc(CC)c(CNC(=O)C(S)c2ccccc2Cl)n1Cc1ccc(-c2ccccc2C(=O)O)cc1F. The molecule has 0 aliphatic heterocycles. The lowest BCUT2D eigenvalue weighted by atomic mass is 9.98. The minimum Gasteiger partial charge on any atom is -0.478 e. The van der Waals surface area contributed by atoms with Crippen molar-refractivity contribution in [2.24, 2.45) is 0 Å². The second-order valence-electron chi connectivity index (χ2n) is 8.96. The number of benzene rings is 3. The van der Waals surface area contributed by atoms with Crippen LogP contribution in [0, 0.1) is 5.82 Å². The first-order chi connectivity index (χ1) is 19.2. The minimum absolute atomic E-state index is 0.0905. The number of carbonyl (C=O) groups excluding carboxylic acids is 1. The summed E-state index contributed by atoms with van der Waals surface area (Å²) in [5.74, 6) is -1.93. The Labute approximate surface area is 242 Å². The molecule has 7 nitrogen and oxygen atoms in total. The first kappa shape index (κ1) is 29.2. The molecule has 0 fully saturated rings. The second-order valence-corrected chi connectivity index (χ2v) is 9.88. The molecule has 10 heteroatoms. The molecule has 3 aromatic carbocycles. The standard InChI is InChI=1S/C30H29ClFN3O4S/c1-3-25-26(16-33-28(36)27(40)22-11-7-8-12-23(22)31)35(30(34-25)39-4-2)17-19-14-13-18(15-24(19)32)20-9-5-6-10-21(20)29(37)38/h5-15,27,40H,3-4,16-17H2,1-2H3,(H,33,36)(H,37,38). The Kier molecular flexibility index (Phi) is 9.50. The fraction of sp³-hybridized carbons (Fsp3) is 0.233. The van der Waals surface area contributed by atoms with Gasteiger partial charge in [0.2, 0.25) is 5.91 Å². The van der Waals surface area contributed by atoms with Gasteiger partial charge in [0.05, 0.1) is 36.6 Å². The second kappa shape index (κ2) is 13.0. The van der Waals surface area contributed by atoms with Crippen LogP contribution in [-0.2, 0) is 24.3 Å². The van der Waals surface area contributed by atoms with Crippen LogP contribution in [0.15, 0.2) is 66.7 Å². The number of aromatic carboxylic acids is 1. The number of halogens is 2. The van der Waals surface area contributed by atoms with Crippen LogP contribution in [0.1, 0.15) is 52.0 Å². The van der Waals surface area contributed by atoms with Gasteiger partial charge in [-0.3, -0.25) is 9.36 Å². The molecular formula is C30H29ClFN3O4S. The Morgan fingerprint density at radius 3 is 2.52 bits per heavy atom. The largest absolute Gasteiger partial charge is 0.478 e. The number of aryl methyl sites for hydroxylation is 1. The Bertz CT molecular complexity index is 1540. The van der Waals surface area contributed by atoms with Crippen molar-refractivity contribution >= 4 is 36.1 Å². The molecule has 1 amide bonds. The summed E-state index contributed by atoms with van der Waals surface area (Å²) >= 11 is 10.7. The van der Waals surface area contributed by atoms with Crippen molar-refractivity contribution in [1.82, 2.24) is 14.9 Å². The number of imidazole rings is 1. The zero-order valence-electron chi connectivity index (χ0n) is 22.0. The van der Waals surface area contributed by atoms with Crippen LogP contribution >= 0.6 is 24.2 Å². The Hall–Kier alpha value is -3.82. The minimum atomic E-state index is -1.09. The highest BCUT2D eigenvalue weighted by Crippen LogP contribution is 2.29. The highest BCUT2D eigenvalue weighted by Gasteiger charge is 2.23. The van der Waals surface area contributed by atoms with Gasteiger partial charge in [0.25, 0.3) is 6.01 Å². The van der Waals surface area contributed by atoms with E-state index in [1.54, 1.807) is 59.2 Å². The smallest absolute Gasteiger partial charge is 0.336 e. The molecule has 0 bridgehead atoms. The number of aromatic nitrogens is 2. The molecule has 4 aromatic rings. The van der Waals surface area contributed by atoms with Crippen LogP contribution in [0.4, 0.5) is 4.39 Å². The van der Waals surface area contributed by atoms with Crippen LogP contribution in [-0.4, -0.2) is 33.1 Å². The Balaban J connectivity index is 1.63. The van der Waals surface area contributed by atoms with Gasteiger partial charge in [-0.2, -0.15) is 17.6 Å². The number of hydrogen-bond acceptors (Lipinski definition) is 5. The maximum absolute atomic E-state index is 15.4. The molecule has 1 aromatic heterocycles. The topological polar surface area (TPSA) is 93.5 Å². The monoisotopic (exact) mass is 581 g/mol. The van der Waals surface area contributed by atoms with Crippen molar-refractivity contribution in [3.8, 4) is 17.1 Å². The summed E-state index contributed by atoms with van der Waals surface area (Å²) in [4.78, 5) is 29.2. The number of hydrogen-bond donors (Lipinski definition) is 3. The lowest BCUT2D eigenvalue weighted by Gasteiger charge is -2.16. The van der Waals surface area contributed by atoms with E-state index < -0.39 is 17.0 Å². The van der Waals surface area contributed by atoms with E-state index >= 15 is 4.39 Å². The summed E-state index contributed by atoms with van der Waals surface area (Å²) in [6, 6.07) is 18.4. The number of rotatable bonds is 11. The number of thiol groups is 1. The van der Waals surface area contributed by atoms with Gasteiger partial charge in [-0.25, -0.2) is 9.18 Å². The number of nitrogens with zero attached hydrogens (tertiary/aromatic N) is 2. The van der Waals surface area contributed by atoms with Crippen molar-refractivity contribution in [1.29, 1.82) is 0 Å². The Morgan fingerprint density at radius 1 is 1.12 bits per heavy atom. The van der Waals surface area contributed by atoms with Gasteiger partial charge in [-0.05, 0) is 48.2 Å². The van der Waals surface area contributed by atoms with Crippen LogP contribution in [0.5, 0.6) is 6.01 Å². The van der Waals surface area contributed by atoms with Crippen molar-refractivity contribution < 1.29 is 23.8 Å². The number of carbonyl (C=O) groups is 2. The average Bonchev–Trinajstić information content (AvgIpc) is 3.28. The summed E-state index contributed by atoms with van der Waals surface area (Å²) in [5, 5.41) is 12.1. The quantitative estimate of drug-likeness (QED) is 0.180. The zero-order valence-corrected chi connectivity index (χ0v) is 23.7. The van der Waals surface area contributed by atoms with E-state index in [1.165, 1.54) is 12.1 Å². The van der Waals surface area contributed by atoms with Gasteiger partial charge >= 0.3 is 5.97 Å². The van der Waals surface area contributed by atoms with Gasteiger partial charge in [0.15, 0.2) is 0 Å². The van der Waals surface area contributed by atoms with E-state index in [2.05, 4.69) is 22.9 Å². The molecule has 0 aliphatic carbocycles. The summed E-state index contributed by atoms with van der Waals surface area (Å²) in [6.07, 6.45) is 0.570. The van der Waals surface area contributed by atoms with Gasteiger partial charge in [0, 0.05) is 10.6 Å². The van der Waals surface area contributed by atoms with E-state index in [0.717, 1.165) is 0 Å². The first-order valence-corrected chi connectivity index (χ1v) is 13.7. The van der Waals surface area contributed by atoms with Gasteiger partial charge in [0.1, 0.15) is 11.1 Å². The molecular weight excluding hydrogens is 553 g/mol. The van der Waals surface area contributed by atoms with E-state index in [4.69, 9.17) is 16.3 Å². The van der Waals surface area contributed by atoms with Gasteiger partial charge in [-0.15, -0.1) is 0 Å². The predicted octanol–water partition coefficient (Wildman–Crippen LogP) is 6.34. The van der Waals surface area contributed by atoms with E-state index in [1.807, 2.05) is 13.8 Å². The van der Waals surface area contributed by atoms with Gasteiger partial charge < -0.3 is 15.2 Å². The fourth-order valence-corrected chi connectivity index (χ4v) is 5.07. The molecule has 4 rings (SSSR count). The number of ether oxygens (including phenoxy) is 1. The number of nitrogens with one attached hydrogen (secondary N) is 1. The van der Waals surface area contributed by atoms with Gasteiger partial charge in [-0.1, -0.05) is 67.1 Å². The summed E-state index contributed by atoms with van der Waals surface area (Å²) < 4.78 is 22.9. The molecule has 1 heterocycles. The summed E-state index contributed by atoms with van der Waals surface area (Å²) in [6.45, 7) is 4.33.